The second kappa shape index (κ2) is 6.98. The molecular formula is C11H20FN3O. The van der Waals surface area contributed by atoms with Gasteiger partial charge in [-0.05, 0) is 13.3 Å². The molecule has 0 aliphatic carbocycles. The van der Waals surface area contributed by atoms with E-state index in [4.69, 9.17) is 4.74 Å². The summed E-state index contributed by atoms with van der Waals surface area (Å²) in [6, 6.07) is 0. The average Bonchev–Trinajstić information content (AvgIpc) is 2.30. The smallest absolute Gasteiger partial charge is 0.228 e. The molecule has 0 radical (unpaired) electrons. The third-order valence-corrected chi connectivity index (χ3v) is 2.11. The Morgan fingerprint density at radius 1 is 1.25 bits per heavy atom. The van der Waals surface area contributed by atoms with Gasteiger partial charge >= 0.3 is 0 Å². The highest BCUT2D eigenvalue weighted by molar-refractivity contribution is 5.38. The molecule has 1 aromatic heterocycles. The SMILES string of the molecule is CCc1c(C)nc(N(C)C)nc1OC.CF. The van der Waals surface area contributed by atoms with Gasteiger partial charge in [0.05, 0.1) is 14.3 Å². The van der Waals surface area contributed by atoms with Crippen LogP contribution in [0.4, 0.5) is 10.3 Å². The van der Waals surface area contributed by atoms with Crippen molar-refractivity contribution >= 4 is 5.95 Å². The summed E-state index contributed by atoms with van der Waals surface area (Å²) in [5, 5.41) is 0. The van der Waals surface area contributed by atoms with E-state index in [1.807, 2.05) is 25.9 Å². The number of alkyl halides is 1. The number of anilines is 1. The number of hydrogen-bond donors (Lipinski definition) is 0. The first-order chi connectivity index (χ1) is 7.60. The Morgan fingerprint density at radius 3 is 2.19 bits per heavy atom. The summed E-state index contributed by atoms with van der Waals surface area (Å²) >= 11 is 0. The van der Waals surface area contributed by atoms with Crippen molar-refractivity contribution in [2.75, 3.05) is 33.3 Å². The molecule has 0 unspecified atom stereocenters. The maximum Gasteiger partial charge on any atom is 0.228 e. The molecule has 0 spiro atoms. The van der Waals surface area contributed by atoms with Gasteiger partial charge in [0.15, 0.2) is 0 Å². The zero-order valence-corrected chi connectivity index (χ0v) is 10.8. The van der Waals surface area contributed by atoms with Crippen LogP contribution in [0.25, 0.3) is 0 Å². The number of ether oxygens (including phenoxy) is 1. The highest BCUT2D eigenvalue weighted by atomic mass is 19.1. The predicted molar refractivity (Wildman–Crippen MR) is 64.1 cm³/mol. The summed E-state index contributed by atoms with van der Waals surface area (Å²) in [6.07, 6.45) is 0.892. The van der Waals surface area contributed by atoms with Crippen LogP contribution in [0.1, 0.15) is 18.2 Å². The maximum absolute atomic E-state index is 9.50. The van der Waals surface area contributed by atoms with Gasteiger partial charge in [-0.1, -0.05) is 6.92 Å². The fourth-order valence-electron chi connectivity index (χ4n) is 1.33. The number of rotatable bonds is 3. The van der Waals surface area contributed by atoms with Crippen LogP contribution in [-0.2, 0) is 6.42 Å². The number of methoxy groups -OCH3 is 1. The van der Waals surface area contributed by atoms with Gasteiger partial charge in [0.2, 0.25) is 11.8 Å². The monoisotopic (exact) mass is 229 g/mol. The van der Waals surface area contributed by atoms with Gasteiger partial charge in [-0.3, -0.25) is 4.39 Å². The van der Waals surface area contributed by atoms with Crippen LogP contribution in [-0.4, -0.2) is 38.4 Å². The van der Waals surface area contributed by atoms with Gasteiger partial charge in [0.1, 0.15) is 0 Å². The van der Waals surface area contributed by atoms with Gasteiger partial charge in [0, 0.05) is 25.4 Å². The van der Waals surface area contributed by atoms with Gasteiger partial charge in [0.25, 0.3) is 0 Å². The lowest BCUT2D eigenvalue weighted by Crippen LogP contribution is -2.15. The highest BCUT2D eigenvalue weighted by Gasteiger charge is 2.11. The Hall–Kier alpha value is -1.39. The molecule has 92 valence electrons. The fourth-order valence-corrected chi connectivity index (χ4v) is 1.33. The summed E-state index contributed by atoms with van der Waals surface area (Å²) in [5.41, 5.74) is 2.07. The summed E-state index contributed by atoms with van der Waals surface area (Å²) in [4.78, 5) is 10.6. The first kappa shape index (κ1) is 14.6. The molecule has 0 aromatic carbocycles. The summed E-state index contributed by atoms with van der Waals surface area (Å²) in [5.74, 6) is 1.38. The molecule has 1 aromatic rings. The minimum absolute atomic E-state index is 0.500. The Bertz CT molecular complexity index is 329. The van der Waals surface area contributed by atoms with Crippen LogP contribution in [0.3, 0.4) is 0 Å². The van der Waals surface area contributed by atoms with Gasteiger partial charge < -0.3 is 9.64 Å². The van der Waals surface area contributed by atoms with Crippen molar-refractivity contribution in [1.29, 1.82) is 0 Å². The van der Waals surface area contributed by atoms with E-state index in [-0.39, 0.29) is 0 Å². The first-order valence-electron chi connectivity index (χ1n) is 5.06. The van der Waals surface area contributed by atoms with Gasteiger partial charge in [-0.15, -0.1) is 0 Å². The van der Waals surface area contributed by atoms with Gasteiger partial charge in [-0.25, -0.2) is 4.98 Å². The number of hydrogen-bond acceptors (Lipinski definition) is 4. The molecule has 5 heteroatoms. The van der Waals surface area contributed by atoms with Crippen molar-refractivity contribution in [3.63, 3.8) is 0 Å². The Labute approximate surface area is 96.5 Å². The molecule has 0 amide bonds. The minimum atomic E-state index is 0.500. The topological polar surface area (TPSA) is 38.2 Å². The van der Waals surface area contributed by atoms with E-state index in [1.165, 1.54) is 0 Å². The minimum Gasteiger partial charge on any atom is -0.481 e. The van der Waals surface area contributed by atoms with Crippen LogP contribution in [0.5, 0.6) is 5.88 Å². The Kier molecular flexibility index (Phi) is 6.37. The lowest BCUT2D eigenvalue weighted by molar-refractivity contribution is 0.391. The first-order valence-corrected chi connectivity index (χ1v) is 5.06. The molecule has 0 saturated heterocycles. The van der Waals surface area contributed by atoms with E-state index < -0.39 is 0 Å². The molecule has 4 nitrogen and oxygen atoms in total. The number of aryl methyl sites for hydroxylation is 1. The van der Waals surface area contributed by atoms with Crippen LogP contribution in [0, 0.1) is 6.92 Å². The summed E-state index contributed by atoms with van der Waals surface area (Å²) < 4.78 is 14.7. The van der Waals surface area contributed by atoms with Gasteiger partial charge in [-0.2, -0.15) is 4.98 Å². The zero-order chi connectivity index (χ0) is 12.7. The quantitative estimate of drug-likeness (QED) is 0.794. The molecule has 0 aliphatic rings. The number of halogens is 1. The van der Waals surface area contributed by atoms with E-state index in [0.717, 1.165) is 17.7 Å². The van der Waals surface area contributed by atoms with Crippen LogP contribution >= 0.6 is 0 Å². The fraction of sp³-hybridized carbons (Fsp3) is 0.636. The molecule has 0 bridgehead atoms. The van der Waals surface area contributed by atoms with E-state index in [1.54, 1.807) is 7.11 Å². The standard InChI is InChI=1S/C10H17N3O.CH3F/c1-6-8-7(2)11-10(13(3)4)12-9(8)14-5;1-2/h6H2,1-5H3;1H3. The normalized spacial score (nSPS) is 9.19. The highest BCUT2D eigenvalue weighted by Crippen LogP contribution is 2.21. The second-order valence-electron chi connectivity index (χ2n) is 3.34. The van der Waals surface area contributed by atoms with Crippen molar-refractivity contribution in [3.05, 3.63) is 11.3 Å². The van der Waals surface area contributed by atoms with Crippen LogP contribution in [0.15, 0.2) is 0 Å². The largest absolute Gasteiger partial charge is 0.481 e. The van der Waals surface area contributed by atoms with E-state index in [9.17, 15) is 4.39 Å². The van der Waals surface area contributed by atoms with E-state index in [2.05, 4.69) is 16.9 Å². The van der Waals surface area contributed by atoms with Crippen molar-refractivity contribution in [3.8, 4) is 5.88 Å². The van der Waals surface area contributed by atoms with E-state index >= 15 is 0 Å². The van der Waals surface area contributed by atoms with Crippen molar-refractivity contribution in [2.24, 2.45) is 0 Å². The Balaban J connectivity index is 0.00000106. The van der Waals surface area contributed by atoms with Crippen molar-refractivity contribution < 1.29 is 9.13 Å². The van der Waals surface area contributed by atoms with Crippen molar-refractivity contribution in [2.45, 2.75) is 20.3 Å². The third-order valence-electron chi connectivity index (χ3n) is 2.11. The predicted octanol–water partition coefficient (Wildman–Crippen LogP) is 2.01. The molecular weight excluding hydrogens is 209 g/mol. The molecule has 0 aliphatic heterocycles. The van der Waals surface area contributed by atoms with E-state index in [0.29, 0.717) is 19.0 Å². The number of nitrogens with zero attached hydrogens (tertiary/aromatic N) is 3. The molecule has 0 saturated carbocycles. The van der Waals surface area contributed by atoms with Crippen LogP contribution < -0.4 is 9.64 Å². The average molecular weight is 229 g/mol. The number of aromatic nitrogens is 2. The second-order valence-corrected chi connectivity index (χ2v) is 3.34. The van der Waals surface area contributed by atoms with Crippen LogP contribution in [0.2, 0.25) is 0 Å². The molecule has 0 atom stereocenters. The third kappa shape index (κ3) is 3.32. The molecule has 1 rings (SSSR count). The lowest BCUT2D eigenvalue weighted by Gasteiger charge is -2.14. The molecule has 1 heterocycles. The Morgan fingerprint density at radius 2 is 1.81 bits per heavy atom. The molecule has 0 N–H and O–H groups in total. The molecule has 16 heavy (non-hydrogen) atoms. The summed E-state index contributed by atoms with van der Waals surface area (Å²) in [6.45, 7) is 4.06. The summed E-state index contributed by atoms with van der Waals surface area (Å²) in [7, 11) is 5.97. The maximum atomic E-state index is 9.50. The lowest BCUT2D eigenvalue weighted by atomic mass is 10.2. The zero-order valence-electron chi connectivity index (χ0n) is 10.8. The molecule has 0 fully saturated rings. The van der Waals surface area contributed by atoms with Crippen molar-refractivity contribution in [1.82, 2.24) is 9.97 Å².